The Morgan fingerprint density at radius 2 is 2.10 bits per heavy atom. The maximum absolute atomic E-state index is 12.1. The van der Waals surface area contributed by atoms with Crippen molar-refractivity contribution in [3.8, 4) is 5.75 Å². The minimum absolute atomic E-state index is 0.0364. The monoisotopic (exact) mass is 290 g/mol. The average molecular weight is 290 g/mol. The number of nitrogens with one attached hydrogen (secondary N) is 1. The Morgan fingerprint density at radius 1 is 1.33 bits per heavy atom. The number of carbonyl (C=O) groups is 1. The van der Waals surface area contributed by atoms with Gasteiger partial charge in [0, 0.05) is 11.5 Å². The number of para-hydroxylation sites is 1. The van der Waals surface area contributed by atoms with Gasteiger partial charge in [0.1, 0.15) is 11.9 Å². The van der Waals surface area contributed by atoms with Gasteiger partial charge in [-0.2, -0.15) is 0 Å². The number of cyclic esters (lactones) is 1. The molecule has 1 atom stereocenters. The molecule has 1 aromatic carbocycles. The first-order chi connectivity index (χ1) is 10.3. The zero-order valence-corrected chi connectivity index (χ0v) is 12.4. The van der Waals surface area contributed by atoms with Crippen LogP contribution in [0.2, 0.25) is 0 Å². The number of benzene rings is 1. The van der Waals surface area contributed by atoms with Crippen LogP contribution in [0.15, 0.2) is 24.3 Å². The molecule has 5 nitrogen and oxygen atoms in total. The van der Waals surface area contributed by atoms with Crippen molar-refractivity contribution in [2.24, 2.45) is 5.92 Å². The Morgan fingerprint density at radius 3 is 2.86 bits per heavy atom. The van der Waals surface area contributed by atoms with Crippen LogP contribution in [-0.2, 0) is 11.3 Å². The fourth-order valence-corrected chi connectivity index (χ4v) is 3.16. The first kappa shape index (κ1) is 14.2. The van der Waals surface area contributed by atoms with Crippen LogP contribution in [0.4, 0.5) is 4.79 Å². The molecule has 114 valence electrons. The Balaban J connectivity index is 1.65. The molecule has 3 rings (SSSR count). The molecule has 0 aromatic heterocycles. The predicted molar refractivity (Wildman–Crippen MR) is 79.3 cm³/mol. The highest BCUT2D eigenvalue weighted by Gasteiger charge is 2.37. The molecule has 2 aliphatic rings. The zero-order chi connectivity index (χ0) is 14.7. The summed E-state index contributed by atoms with van der Waals surface area (Å²) in [5.41, 5.74) is 1.02. The van der Waals surface area contributed by atoms with E-state index in [1.165, 1.54) is 0 Å². The Hall–Kier alpha value is -1.75. The zero-order valence-electron chi connectivity index (χ0n) is 12.4. The summed E-state index contributed by atoms with van der Waals surface area (Å²) in [6, 6.07) is 7.80. The number of carbonyl (C=O) groups excluding carboxylic acids is 1. The molecule has 5 heteroatoms. The Kier molecular flexibility index (Phi) is 4.29. The van der Waals surface area contributed by atoms with E-state index >= 15 is 0 Å². The highest BCUT2D eigenvalue weighted by atomic mass is 16.6. The van der Waals surface area contributed by atoms with E-state index < -0.39 is 0 Å². The topological polar surface area (TPSA) is 50.8 Å². The number of rotatable bonds is 4. The molecular weight excluding hydrogens is 268 g/mol. The number of amides is 1. The van der Waals surface area contributed by atoms with E-state index in [1.807, 2.05) is 24.3 Å². The summed E-state index contributed by atoms with van der Waals surface area (Å²) >= 11 is 0. The molecule has 1 N–H and O–H groups in total. The van der Waals surface area contributed by atoms with Gasteiger partial charge in [0.25, 0.3) is 0 Å². The predicted octanol–water partition coefficient (Wildman–Crippen LogP) is 2.02. The number of methoxy groups -OCH3 is 1. The molecule has 1 amide bonds. The molecule has 0 spiro atoms. The Bertz CT molecular complexity index is 500. The number of hydrogen-bond acceptors (Lipinski definition) is 4. The molecule has 0 radical (unpaired) electrons. The van der Waals surface area contributed by atoms with E-state index in [4.69, 9.17) is 9.47 Å². The molecule has 1 aromatic rings. The molecule has 0 saturated carbocycles. The molecule has 2 fully saturated rings. The maximum atomic E-state index is 12.1. The fourth-order valence-electron chi connectivity index (χ4n) is 3.16. The van der Waals surface area contributed by atoms with E-state index in [9.17, 15) is 4.79 Å². The number of piperidine rings is 1. The van der Waals surface area contributed by atoms with Gasteiger partial charge >= 0.3 is 6.09 Å². The van der Waals surface area contributed by atoms with E-state index in [0.29, 0.717) is 19.0 Å². The third-order valence-corrected chi connectivity index (χ3v) is 4.37. The summed E-state index contributed by atoms with van der Waals surface area (Å²) in [4.78, 5) is 13.9. The lowest BCUT2D eigenvalue weighted by molar-refractivity contribution is 0.0905. The lowest BCUT2D eigenvalue weighted by atomic mass is 9.92. The van der Waals surface area contributed by atoms with Gasteiger partial charge < -0.3 is 19.7 Å². The van der Waals surface area contributed by atoms with Crippen LogP contribution in [0.3, 0.4) is 0 Å². The van der Waals surface area contributed by atoms with Crippen LogP contribution in [0.5, 0.6) is 5.75 Å². The fraction of sp³-hybridized carbons (Fsp3) is 0.562. The lowest BCUT2D eigenvalue weighted by Crippen LogP contribution is -2.36. The van der Waals surface area contributed by atoms with Crippen molar-refractivity contribution in [2.75, 3.05) is 26.7 Å². The third-order valence-electron chi connectivity index (χ3n) is 4.37. The Labute approximate surface area is 125 Å². The van der Waals surface area contributed by atoms with E-state index in [2.05, 4.69) is 5.32 Å². The smallest absolute Gasteiger partial charge is 0.410 e. The summed E-state index contributed by atoms with van der Waals surface area (Å²) in [5, 5.41) is 3.34. The lowest BCUT2D eigenvalue weighted by Gasteiger charge is -2.26. The quantitative estimate of drug-likeness (QED) is 0.921. The van der Waals surface area contributed by atoms with Crippen molar-refractivity contribution in [3.63, 3.8) is 0 Å². The highest BCUT2D eigenvalue weighted by Crippen LogP contribution is 2.27. The van der Waals surface area contributed by atoms with Gasteiger partial charge in [-0.05, 0) is 32.0 Å². The molecule has 2 saturated heterocycles. The molecule has 1 unspecified atom stereocenters. The summed E-state index contributed by atoms with van der Waals surface area (Å²) in [6.07, 6.45) is 2.00. The first-order valence-corrected chi connectivity index (χ1v) is 7.56. The van der Waals surface area contributed by atoms with Crippen molar-refractivity contribution >= 4 is 6.09 Å². The van der Waals surface area contributed by atoms with Gasteiger partial charge in [0.05, 0.1) is 20.2 Å². The van der Waals surface area contributed by atoms with Gasteiger partial charge in [-0.25, -0.2) is 4.79 Å². The SMILES string of the molecule is COc1ccccc1CN1CC(C2CCNCC2)OC1=O. The summed E-state index contributed by atoms with van der Waals surface area (Å²) in [6.45, 7) is 3.27. The largest absolute Gasteiger partial charge is 0.496 e. The van der Waals surface area contributed by atoms with Gasteiger partial charge in [0.15, 0.2) is 0 Å². The normalized spacial score (nSPS) is 23.2. The second-order valence-corrected chi connectivity index (χ2v) is 5.70. The summed E-state index contributed by atoms with van der Waals surface area (Å²) < 4.78 is 10.9. The van der Waals surface area contributed by atoms with Crippen molar-refractivity contribution < 1.29 is 14.3 Å². The van der Waals surface area contributed by atoms with Crippen LogP contribution >= 0.6 is 0 Å². The standard InChI is InChI=1S/C16H22N2O3/c1-20-14-5-3-2-4-13(14)10-18-11-15(21-16(18)19)12-6-8-17-9-7-12/h2-5,12,15,17H,6-11H2,1H3. The highest BCUT2D eigenvalue weighted by molar-refractivity contribution is 5.70. The van der Waals surface area contributed by atoms with Crippen LogP contribution < -0.4 is 10.1 Å². The van der Waals surface area contributed by atoms with Crippen LogP contribution in [0.1, 0.15) is 18.4 Å². The number of ether oxygens (including phenoxy) is 2. The second-order valence-electron chi connectivity index (χ2n) is 5.70. The molecule has 0 aliphatic carbocycles. The molecular formula is C16H22N2O3. The van der Waals surface area contributed by atoms with Gasteiger partial charge in [-0.15, -0.1) is 0 Å². The van der Waals surface area contributed by atoms with Gasteiger partial charge in [0.2, 0.25) is 0 Å². The van der Waals surface area contributed by atoms with Crippen molar-refractivity contribution in [1.82, 2.24) is 10.2 Å². The van der Waals surface area contributed by atoms with E-state index in [1.54, 1.807) is 12.0 Å². The van der Waals surface area contributed by atoms with Gasteiger partial charge in [-0.3, -0.25) is 0 Å². The molecule has 0 bridgehead atoms. The number of hydrogen-bond donors (Lipinski definition) is 1. The average Bonchev–Trinajstić information content (AvgIpc) is 2.90. The van der Waals surface area contributed by atoms with Crippen molar-refractivity contribution in [1.29, 1.82) is 0 Å². The van der Waals surface area contributed by atoms with Crippen molar-refractivity contribution in [2.45, 2.75) is 25.5 Å². The first-order valence-electron chi connectivity index (χ1n) is 7.56. The summed E-state index contributed by atoms with van der Waals surface area (Å²) in [7, 11) is 1.65. The third kappa shape index (κ3) is 3.13. The number of nitrogens with zero attached hydrogens (tertiary/aromatic N) is 1. The summed E-state index contributed by atoms with van der Waals surface area (Å²) in [5.74, 6) is 1.30. The van der Waals surface area contributed by atoms with Crippen molar-refractivity contribution in [3.05, 3.63) is 29.8 Å². The van der Waals surface area contributed by atoms with Crippen LogP contribution in [-0.4, -0.2) is 43.8 Å². The second kappa shape index (κ2) is 6.35. The van der Waals surface area contributed by atoms with Gasteiger partial charge in [-0.1, -0.05) is 18.2 Å². The molecule has 2 aliphatic heterocycles. The van der Waals surface area contributed by atoms with Crippen LogP contribution in [0.25, 0.3) is 0 Å². The van der Waals surface area contributed by atoms with Crippen LogP contribution in [0, 0.1) is 5.92 Å². The van der Waals surface area contributed by atoms with E-state index in [0.717, 1.165) is 37.2 Å². The molecule has 2 heterocycles. The maximum Gasteiger partial charge on any atom is 0.410 e. The minimum atomic E-state index is -0.204. The van der Waals surface area contributed by atoms with E-state index in [-0.39, 0.29) is 12.2 Å². The molecule has 21 heavy (non-hydrogen) atoms. The minimum Gasteiger partial charge on any atom is -0.496 e.